The Balaban J connectivity index is 4.05. The Morgan fingerprint density at radius 1 is 0.253 bits per heavy atom. The van der Waals surface area contributed by atoms with Gasteiger partial charge >= 0.3 is 17.9 Å². The zero-order valence-electron chi connectivity index (χ0n) is 53.4. The van der Waals surface area contributed by atoms with Gasteiger partial charge in [-0.25, -0.2) is 0 Å². The molecule has 0 aliphatic carbocycles. The molecular weight excluding hydrogens is 973 g/mol. The van der Waals surface area contributed by atoms with Crippen molar-refractivity contribution < 1.29 is 28.6 Å². The van der Waals surface area contributed by atoms with Crippen LogP contribution in [0.4, 0.5) is 0 Å². The molecule has 0 saturated heterocycles. The molecule has 1 atom stereocenters. The van der Waals surface area contributed by atoms with Crippen molar-refractivity contribution in [3.8, 4) is 0 Å². The summed E-state index contributed by atoms with van der Waals surface area (Å²) >= 11 is 0. The topological polar surface area (TPSA) is 78.9 Å². The molecule has 79 heavy (non-hydrogen) atoms. The predicted molar refractivity (Wildman–Crippen MR) is 344 cm³/mol. The number of carbonyl (C=O) groups excluding carboxylic acids is 3. The van der Waals surface area contributed by atoms with Crippen LogP contribution in [-0.2, 0) is 28.6 Å². The van der Waals surface area contributed by atoms with Crippen LogP contribution in [-0.4, -0.2) is 37.2 Å². The summed E-state index contributed by atoms with van der Waals surface area (Å²) < 4.78 is 16.9. The number of unbranched alkanes of at least 4 members (excludes halogenated alkanes) is 49. The highest BCUT2D eigenvalue weighted by Crippen LogP contribution is 2.18. The van der Waals surface area contributed by atoms with Gasteiger partial charge in [-0.05, 0) is 77.0 Å². The molecule has 0 aliphatic rings. The number of hydrogen-bond donors (Lipinski definition) is 0. The maximum absolute atomic E-state index is 12.9. The molecule has 0 N–H and O–H groups in total. The van der Waals surface area contributed by atoms with E-state index in [9.17, 15) is 14.4 Å². The van der Waals surface area contributed by atoms with Crippen LogP contribution in [0.3, 0.4) is 0 Å². The van der Waals surface area contributed by atoms with E-state index in [0.717, 1.165) is 64.2 Å². The summed E-state index contributed by atoms with van der Waals surface area (Å²) in [6.45, 7) is 6.68. The van der Waals surface area contributed by atoms with Gasteiger partial charge in [-0.3, -0.25) is 14.4 Å². The lowest BCUT2D eigenvalue weighted by Crippen LogP contribution is -2.30. The maximum Gasteiger partial charge on any atom is 0.306 e. The summed E-state index contributed by atoms with van der Waals surface area (Å²) in [5.74, 6) is -0.847. The number of esters is 3. The number of carbonyl (C=O) groups is 3. The smallest absolute Gasteiger partial charge is 0.306 e. The highest BCUT2D eigenvalue weighted by atomic mass is 16.6. The van der Waals surface area contributed by atoms with Gasteiger partial charge in [0.05, 0.1) is 0 Å². The summed E-state index contributed by atoms with van der Waals surface area (Å²) in [7, 11) is 0. The van der Waals surface area contributed by atoms with Crippen LogP contribution in [0.1, 0.15) is 393 Å². The van der Waals surface area contributed by atoms with Crippen LogP contribution in [0, 0.1) is 0 Å². The number of allylic oxidation sites excluding steroid dienone is 6. The Kier molecular flexibility index (Phi) is 66.1. The third-order valence-electron chi connectivity index (χ3n) is 16.1. The summed E-state index contributed by atoms with van der Waals surface area (Å²) in [5, 5.41) is 0. The van der Waals surface area contributed by atoms with E-state index < -0.39 is 6.10 Å². The van der Waals surface area contributed by atoms with E-state index >= 15 is 0 Å². The average Bonchev–Trinajstić information content (AvgIpc) is 3.45. The Morgan fingerprint density at radius 2 is 0.456 bits per heavy atom. The molecule has 0 spiro atoms. The fourth-order valence-electron chi connectivity index (χ4n) is 10.8. The van der Waals surface area contributed by atoms with Gasteiger partial charge in [0, 0.05) is 19.3 Å². The molecule has 0 fully saturated rings. The molecule has 464 valence electrons. The third-order valence-corrected chi connectivity index (χ3v) is 16.1. The second-order valence-corrected chi connectivity index (χ2v) is 24.1. The highest BCUT2D eigenvalue weighted by molar-refractivity contribution is 5.71. The minimum Gasteiger partial charge on any atom is -0.462 e. The molecule has 0 rings (SSSR count). The fourth-order valence-corrected chi connectivity index (χ4v) is 10.8. The van der Waals surface area contributed by atoms with Gasteiger partial charge < -0.3 is 14.2 Å². The van der Waals surface area contributed by atoms with Crippen molar-refractivity contribution in [2.24, 2.45) is 0 Å². The number of ether oxygens (including phenoxy) is 3. The standard InChI is InChI=1S/C73H136O6/c1-4-7-10-13-16-19-22-24-26-28-30-31-32-33-34-35-36-37-38-39-40-41-42-43-44-46-47-49-51-54-57-60-63-66-72(75)78-69-70(68-77-71(74)65-62-59-56-53-21-18-15-12-9-6-3)79-73(76)67-64-61-58-55-52-50-48-45-29-27-25-23-20-17-14-11-8-5-2/h22,24,27-30,70H,4-21,23,25-26,31-69H2,1-3H3/b24-22-,29-27-,30-28-. The predicted octanol–water partition coefficient (Wildman–Crippen LogP) is 24.3. The molecule has 0 aliphatic heterocycles. The summed E-state index contributed by atoms with van der Waals surface area (Å²) in [6, 6.07) is 0. The van der Waals surface area contributed by atoms with Crippen LogP contribution < -0.4 is 0 Å². The minimum atomic E-state index is -0.770. The lowest BCUT2D eigenvalue weighted by molar-refractivity contribution is -0.167. The second kappa shape index (κ2) is 68.1. The molecule has 0 heterocycles. The van der Waals surface area contributed by atoms with Gasteiger partial charge in [-0.1, -0.05) is 333 Å². The van der Waals surface area contributed by atoms with Crippen molar-refractivity contribution in [2.75, 3.05) is 13.2 Å². The molecule has 6 nitrogen and oxygen atoms in total. The zero-order chi connectivity index (χ0) is 57.1. The number of hydrogen-bond acceptors (Lipinski definition) is 6. The first-order chi connectivity index (χ1) is 39.0. The normalized spacial score (nSPS) is 12.2. The molecule has 0 aromatic rings. The Morgan fingerprint density at radius 3 is 0.709 bits per heavy atom. The van der Waals surface area contributed by atoms with Crippen molar-refractivity contribution >= 4 is 17.9 Å². The average molecular weight is 1110 g/mol. The van der Waals surface area contributed by atoms with Gasteiger partial charge in [0.1, 0.15) is 13.2 Å². The molecule has 0 bridgehead atoms. The highest BCUT2D eigenvalue weighted by Gasteiger charge is 2.19. The molecule has 1 unspecified atom stereocenters. The Bertz CT molecular complexity index is 1320. The Labute approximate surface area is 493 Å². The van der Waals surface area contributed by atoms with E-state index in [2.05, 4.69) is 57.2 Å². The van der Waals surface area contributed by atoms with Crippen LogP contribution in [0.15, 0.2) is 36.5 Å². The summed E-state index contributed by atoms with van der Waals surface area (Å²) in [6.07, 6.45) is 84.8. The van der Waals surface area contributed by atoms with Gasteiger partial charge in [-0.2, -0.15) is 0 Å². The van der Waals surface area contributed by atoms with Crippen molar-refractivity contribution in [1.82, 2.24) is 0 Å². The minimum absolute atomic E-state index is 0.0678. The van der Waals surface area contributed by atoms with Crippen molar-refractivity contribution in [1.29, 1.82) is 0 Å². The first-order valence-electron chi connectivity index (χ1n) is 35.5. The SMILES string of the molecule is CCCCCCC/C=C\C/C=C\CCCCCCCCCCCCCCCCCCCCCCCC(=O)OCC(COC(=O)CCCCCCCCCCCC)OC(=O)CCCCCCCCC/C=C\CCCCCCCCC. The molecule has 6 heteroatoms. The molecule has 0 radical (unpaired) electrons. The monoisotopic (exact) mass is 1110 g/mol. The molecule has 0 saturated carbocycles. The number of rotatable bonds is 66. The van der Waals surface area contributed by atoms with E-state index in [4.69, 9.17) is 14.2 Å². The van der Waals surface area contributed by atoms with Crippen LogP contribution in [0.25, 0.3) is 0 Å². The van der Waals surface area contributed by atoms with Crippen LogP contribution in [0.5, 0.6) is 0 Å². The van der Waals surface area contributed by atoms with Crippen molar-refractivity contribution in [3.63, 3.8) is 0 Å². The van der Waals surface area contributed by atoms with E-state index in [0.29, 0.717) is 19.3 Å². The van der Waals surface area contributed by atoms with E-state index in [-0.39, 0.29) is 31.1 Å². The molecule has 0 aromatic carbocycles. The van der Waals surface area contributed by atoms with Gasteiger partial charge in [0.25, 0.3) is 0 Å². The van der Waals surface area contributed by atoms with E-state index in [1.54, 1.807) is 0 Å². The maximum atomic E-state index is 12.9. The van der Waals surface area contributed by atoms with Crippen molar-refractivity contribution in [3.05, 3.63) is 36.5 Å². The summed E-state index contributed by atoms with van der Waals surface area (Å²) in [5.41, 5.74) is 0. The van der Waals surface area contributed by atoms with Gasteiger partial charge in [0.15, 0.2) is 6.10 Å². The van der Waals surface area contributed by atoms with Crippen LogP contribution in [0.2, 0.25) is 0 Å². The molecule has 0 aromatic heterocycles. The lowest BCUT2D eigenvalue weighted by atomic mass is 10.0. The largest absolute Gasteiger partial charge is 0.462 e. The van der Waals surface area contributed by atoms with Gasteiger partial charge in [0.2, 0.25) is 0 Å². The Hall–Kier alpha value is -2.37. The summed E-state index contributed by atoms with van der Waals surface area (Å²) in [4.78, 5) is 38.3. The fraction of sp³-hybridized carbons (Fsp3) is 0.877. The lowest BCUT2D eigenvalue weighted by Gasteiger charge is -2.18. The molecular formula is C73H136O6. The van der Waals surface area contributed by atoms with E-state index in [1.165, 1.54) is 289 Å². The van der Waals surface area contributed by atoms with Crippen LogP contribution >= 0.6 is 0 Å². The van der Waals surface area contributed by atoms with E-state index in [1.807, 2.05) is 0 Å². The van der Waals surface area contributed by atoms with Gasteiger partial charge in [-0.15, -0.1) is 0 Å². The third kappa shape index (κ3) is 66.3. The zero-order valence-corrected chi connectivity index (χ0v) is 53.4. The first-order valence-corrected chi connectivity index (χ1v) is 35.5. The first kappa shape index (κ1) is 76.6. The molecule has 0 amide bonds. The second-order valence-electron chi connectivity index (χ2n) is 24.1. The van der Waals surface area contributed by atoms with Crippen molar-refractivity contribution in [2.45, 2.75) is 399 Å². The quantitative estimate of drug-likeness (QED) is 0.0261.